The van der Waals surface area contributed by atoms with Gasteiger partial charge in [-0.3, -0.25) is 0 Å². The van der Waals surface area contributed by atoms with Gasteiger partial charge in [0.25, 0.3) is 0 Å². The van der Waals surface area contributed by atoms with E-state index in [-0.39, 0.29) is 17.4 Å². The number of hydrogen-bond acceptors (Lipinski definition) is 3. The summed E-state index contributed by atoms with van der Waals surface area (Å²) in [6.45, 7) is 7.75. The maximum atomic E-state index is 7.78. The normalized spacial score (nSPS) is 27.1. The van der Waals surface area contributed by atoms with E-state index in [1.807, 2.05) is 27.7 Å². The van der Waals surface area contributed by atoms with E-state index < -0.39 is 18.3 Å². The molecule has 2 nitrogen and oxygen atoms in total. The Kier molecular flexibility index (Phi) is 1.55. The van der Waals surface area contributed by atoms with Gasteiger partial charge in [0.15, 0.2) is 0 Å². The van der Waals surface area contributed by atoms with Gasteiger partial charge in [0.05, 0.1) is 15.3 Å². The third kappa shape index (κ3) is 1.51. The van der Waals surface area contributed by atoms with Crippen LogP contribution in [0.15, 0.2) is 17.4 Å². The van der Waals surface area contributed by atoms with Crippen LogP contribution in [0.2, 0.25) is 0 Å². The molecule has 0 N–H and O–H groups in total. The molecule has 4 heteroatoms. The van der Waals surface area contributed by atoms with Gasteiger partial charge in [0, 0.05) is 4.78 Å². The van der Waals surface area contributed by atoms with Crippen molar-refractivity contribution in [1.29, 1.82) is 0 Å². The van der Waals surface area contributed by atoms with Crippen molar-refractivity contribution in [2.24, 2.45) is 0 Å². The van der Waals surface area contributed by atoms with Crippen molar-refractivity contribution in [2.45, 2.75) is 38.9 Å². The molecule has 1 aromatic heterocycles. The molecule has 0 atom stereocenters. The fraction of sp³-hybridized carbons (Fsp3) is 0.600. The fourth-order valence-corrected chi connectivity index (χ4v) is 1.76. The van der Waals surface area contributed by atoms with Crippen molar-refractivity contribution < 1.29 is 13.4 Å². The lowest BCUT2D eigenvalue weighted by molar-refractivity contribution is 0.00578. The minimum Gasteiger partial charge on any atom is -0.399 e. The second kappa shape index (κ2) is 3.09. The molecule has 0 radical (unpaired) electrons. The molecule has 1 fully saturated rings. The molecular formula is C10H15BO2S. The summed E-state index contributed by atoms with van der Waals surface area (Å²) in [5.74, 6) is 0. The molecule has 2 rings (SSSR count). The van der Waals surface area contributed by atoms with Gasteiger partial charge in [-0.25, -0.2) is 0 Å². The first-order valence-electron chi connectivity index (χ1n) is 6.08. The summed E-state index contributed by atoms with van der Waals surface area (Å²) < 4.78 is 35.0. The Bertz CT molecular complexity index is 443. The van der Waals surface area contributed by atoms with Crippen LogP contribution >= 0.6 is 11.3 Å². The van der Waals surface area contributed by atoms with Gasteiger partial charge in [-0.05, 0) is 33.1 Å². The largest absolute Gasteiger partial charge is 0.505 e. The lowest BCUT2D eigenvalue weighted by atomic mass is 9.88. The average molecular weight is 213 g/mol. The molecule has 1 aliphatic heterocycles. The smallest absolute Gasteiger partial charge is 0.399 e. The Morgan fingerprint density at radius 1 is 1.29 bits per heavy atom. The standard InChI is InChI=1S/C10H15BO2S/c1-9(2)10(3,4)13-11(12-9)8-6-5-7-14-8/h5-7H,1-4H3/i5D,6D,7D. The van der Waals surface area contributed by atoms with E-state index in [9.17, 15) is 0 Å². The molecule has 0 aromatic carbocycles. The number of rotatable bonds is 1. The van der Waals surface area contributed by atoms with Crippen LogP contribution in [0.5, 0.6) is 0 Å². The van der Waals surface area contributed by atoms with Crippen molar-refractivity contribution in [3.8, 4) is 0 Å². The predicted molar refractivity (Wildman–Crippen MR) is 60.0 cm³/mol. The first-order chi connectivity index (χ1) is 7.66. The van der Waals surface area contributed by atoms with E-state index in [4.69, 9.17) is 13.4 Å². The van der Waals surface area contributed by atoms with Gasteiger partial charge in [0.2, 0.25) is 0 Å². The second-order valence-corrected chi connectivity index (χ2v) is 5.25. The molecule has 76 valence electrons. The minimum atomic E-state index is -0.638. The Labute approximate surface area is 93.6 Å². The monoisotopic (exact) mass is 213 g/mol. The molecule has 0 bridgehead atoms. The average Bonchev–Trinajstić information content (AvgIpc) is 2.55. The molecule has 0 unspecified atom stereocenters. The minimum absolute atomic E-state index is 0.0403. The highest BCUT2D eigenvalue weighted by Crippen LogP contribution is 2.36. The topological polar surface area (TPSA) is 18.5 Å². The maximum absolute atomic E-state index is 7.78. The fourth-order valence-electron chi connectivity index (χ4n) is 1.25. The van der Waals surface area contributed by atoms with E-state index in [2.05, 4.69) is 0 Å². The molecule has 0 saturated carbocycles. The van der Waals surface area contributed by atoms with Gasteiger partial charge in [-0.1, -0.05) is 12.1 Å². The van der Waals surface area contributed by atoms with Gasteiger partial charge in [-0.15, -0.1) is 0 Å². The van der Waals surface area contributed by atoms with Gasteiger partial charge < -0.3 is 9.31 Å². The summed E-state index contributed by atoms with van der Waals surface area (Å²) in [4.78, 5) is 0. The number of hydrogen-bond donors (Lipinski definition) is 0. The SMILES string of the molecule is [2H]c1sc(B2OC(C)(C)C(C)(C)O2)c([2H])c1[2H]. The van der Waals surface area contributed by atoms with Gasteiger partial charge in [-0.2, -0.15) is 11.3 Å². The van der Waals surface area contributed by atoms with E-state index >= 15 is 0 Å². The van der Waals surface area contributed by atoms with E-state index in [1.54, 1.807) is 0 Å². The molecule has 1 aromatic rings. The molecule has 1 aliphatic rings. The molecule has 14 heavy (non-hydrogen) atoms. The second-order valence-electron chi connectivity index (χ2n) is 4.41. The zero-order valence-corrected chi connectivity index (χ0v) is 9.62. The quantitative estimate of drug-likeness (QED) is 0.664. The third-order valence-electron chi connectivity index (χ3n) is 2.87. The summed E-state index contributed by atoms with van der Waals surface area (Å²) in [6.07, 6.45) is 0. The van der Waals surface area contributed by atoms with E-state index in [0.717, 1.165) is 11.3 Å². The summed E-state index contributed by atoms with van der Waals surface area (Å²) in [5.41, 5.74) is -0.920. The van der Waals surface area contributed by atoms with Crippen LogP contribution in [-0.4, -0.2) is 18.3 Å². The Balaban J connectivity index is 2.35. The van der Waals surface area contributed by atoms with Gasteiger partial charge in [0.1, 0.15) is 0 Å². The van der Waals surface area contributed by atoms with Crippen LogP contribution in [0.4, 0.5) is 0 Å². The number of thiophene rings is 1. The zero-order chi connectivity index (χ0) is 13.0. The first kappa shape index (κ1) is 7.04. The van der Waals surface area contributed by atoms with Crippen LogP contribution in [0.25, 0.3) is 0 Å². The molecule has 1 saturated heterocycles. The van der Waals surface area contributed by atoms with Crippen LogP contribution < -0.4 is 4.78 Å². The summed E-state index contributed by atoms with van der Waals surface area (Å²) >= 11 is 1.08. The molecule has 0 amide bonds. The molecule has 0 spiro atoms. The van der Waals surface area contributed by atoms with Gasteiger partial charge >= 0.3 is 7.12 Å². The Hall–Kier alpha value is -0.315. The Morgan fingerprint density at radius 3 is 2.29 bits per heavy atom. The van der Waals surface area contributed by atoms with Crippen molar-refractivity contribution in [3.05, 3.63) is 17.4 Å². The zero-order valence-electron chi connectivity index (χ0n) is 11.8. The van der Waals surface area contributed by atoms with Crippen molar-refractivity contribution in [1.82, 2.24) is 0 Å². The highest BCUT2D eigenvalue weighted by Gasteiger charge is 2.52. The summed E-state index contributed by atoms with van der Waals surface area (Å²) in [6, 6.07) is -0.0155. The summed E-state index contributed by atoms with van der Waals surface area (Å²) in [7, 11) is -0.638. The predicted octanol–water partition coefficient (Wildman–Crippen LogP) is 2.05. The first-order valence-corrected chi connectivity index (χ1v) is 5.39. The lowest BCUT2D eigenvalue weighted by Crippen LogP contribution is -2.41. The highest BCUT2D eigenvalue weighted by molar-refractivity contribution is 7.20. The van der Waals surface area contributed by atoms with E-state index in [1.165, 1.54) is 0 Å². The van der Waals surface area contributed by atoms with Crippen molar-refractivity contribution in [3.63, 3.8) is 0 Å². The summed E-state index contributed by atoms with van der Waals surface area (Å²) in [5, 5.41) is 0.0831. The van der Waals surface area contributed by atoms with Crippen LogP contribution in [0, 0.1) is 0 Å². The third-order valence-corrected chi connectivity index (χ3v) is 3.58. The molecular weight excluding hydrogens is 195 g/mol. The lowest BCUT2D eigenvalue weighted by Gasteiger charge is -2.32. The van der Waals surface area contributed by atoms with Crippen LogP contribution in [0.1, 0.15) is 31.8 Å². The van der Waals surface area contributed by atoms with Crippen LogP contribution in [-0.2, 0) is 9.31 Å². The van der Waals surface area contributed by atoms with E-state index in [0.29, 0.717) is 4.78 Å². The van der Waals surface area contributed by atoms with Crippen molar-refractivity contribution >= 4 is 23.2 Å². The van der Waals surface area contributed by atoms with Crippen LogP contribution in [0.3, 0.4) is 0 Å². The van der Waals surface area contributed by atoms with Crippen molar-refractivity contribution in [2.75, 3.05) is 0 Å². The molecule has 2 heterocycles. The molecule has 0 aliphatic carbocycles. The Morgan fingerprint density at radius 2 is 1.86 bits per heavy atom. The maximum Gasteiger partial charge on any atom is 0.505 e. The highest BCUT2D eigenvalue weighted by atomic mass is 32.1.